The number of nitrogens with one attached hydrogen (secondary N) is 1. The van der Waals surface area contributed by atoms with Gasteiger partial charge in [-0.1, -0.05) is 48.5 Å². The Balaban J connectivity index is 1.98. The van der Waals surface area contributed by atoms with E-state index in [1.54, 1.807) is 12.1 Å². The van der Waals surface area contributed by atoms with Gasteiger partial charge in [0.2, 0.25) is 0 Å². The van der Waals surface area contributed by atoms with Crippen molar-refractivity contribution in [1.82, 2.24) is 5.32 Å². The molecule has 0 radical (unpaired) electrons. The molecule has 3 nitrogen and oxygen atoms in total. The summed E-state index contributed by atoms with van der Waals surface area (Å²) in [5, 5.41) is 12.4. The lowest BCUT2D eigenvalue weighted by atomic mass is 9.99. The van der Waals surface area contributed by atoms with Crippen LogP contribution in [0.2, 0.25) is 0 Å². The van der Waals surface area contributed by atoms with Gasteiger partial charge in [0.15, 0.2) is 0 Å². The highest BCUT2D eigenvalue weighted by atomic mass is 19.1. The molecule has 0 fully saturated rings. The summed E-state index contributed by atoms with van der Waals surface area (Å²) >= 11 is 0. The molecule has 2 rings (SSSR count). The summed E-state index contributed by atoms with van der Waals surface area (Å²) in [6, 6.07) is 16.9. The minimum absolute atomic E-state index is 0.0465. The van der Waals surface area contributed by atoms with Crippen LogP contribution >= 0.6 is 0 Å². The predicted molar refractivity (Wildman–Crippen MR) is 93.5 cm³/mol. The minimum atomic E-state index is -0.795. The zero-order valence-corrected chi connectivity index (χ0v) is 13.9. The van der Waals surface area contributed by atoms with E-state index in [1.807, 2.05) is 43.3 Å². The van der Waals surface area contributed by atoms with Crippen molar-refractivity contribution in [2.45, 2.75) is 44.7 Å². The number of carboxylic acids is 1. The molecule has 24 heavy (non-hydrogen) atoms. The third-order valence-electron chi connectivity index (χ3n) is 4.04. The maximum atomic E-state index is 13.8. The van der Waals surface area contributed by atoms with Crippen LogP contribution in [-0.4, -0.2) is 23.2 Å². The summed E-state index contributed by atoms with van der Waals surface area (Å²) in [6.07, 6.45) is 2.00. The van der Waals surface area contributed by atoms with E-state index in [9.17, 15) is 9.18 Å². The summed E-state index contributed by atoms with van der Waals surface area (Å²) in [5.41, 5.74) is 1.84. The number of carboxylic acid groups (broad SMARTS) is 1. The van der Waals surface area contributed by atoms with Gasteiger partial charge >= 0.3 is 5.97 Å². The van der Waals surface area contributed by atoms with Crippen LogP contribution in [0.1, 0.15) is 30.9 Å². The Morgan fingerprint density at radius 1 is 1.08 bits per heavy atom. The number of aliphatic carboxylic acids is 1. The van der Waals surface area contributed by atoms with Crippen molar-refractivity contribution in [3.63, 3.8) is 0 Å². The molecular formula is C20H24FNO2. The van der Waals surface area contributed by atoms with Crippen LogP contribution in [0.4, 0.5) is 4.39 Å². The van der Waals surface area contributed by atoms with Crippen LogP contribution < -0.4 is 5.32 Å². The van der Waals surface area contributed by atoms with Gasteiger partial charge in [-0.25, -0.2) is 4.39 Å². The van der Waals surface area contributed by atoms with E-state index in [0.717, 1.165) is 6.42 Å². The van der Waals surface area contributed by atoms with E-state index in [1.165, 1.54) is 11.6 Å². The van der Waals surface area contributed by atoms with Crippen LogP contribution in [0.5, 0.6) is 0 Å². The Kier molecular flexibility index (Phi) is 6.94. The zero-order valence-electron chi connectivity index (χ0n) is 13.9. The summed E-state index contributed by atoms with van der Waals surface area (Å²) in [5.74, 6) is -0.993. The molecule has 0 saturated heterocycles. The third-order valence-corrected chi connectivity index (χ3v) is 4.04. The lowest BCUT2D eigenvalue weighted by Gasteiger charge is -2.23. The van der Waals surface area contributed by atoms with Crippen LogP contribution in [0.15, 0.2) is 54.6 Å². The molecule has 0 heterocycles. The molecule has 0 amide bonds. The average molecular weight is 329 g/mol. The quantitative estimate of drug-likeness (QED) is 0.735. The number of hydrogen-bond donors (Lipinski definition) is 2. The molecule has 0 aliphatic carbocycles. The molecule has 0 aliphatic heterocycles. The summed E-state index contributed by atoms with van der Waals surface area (Å²) in [7, 11) is 0. The lowest BCUT2D eigenvalue weighted by Crippen LogP contribution is -2.39. The largest absolute Gasteiger partial charge is 0.481 e. The molecule has 0 bridgehead atoms. The van der Waals surface area contributed by atoms with Gasteiger partial charge in [0, 0.05) is 18.5 Å². The first-order valence-corrected chi connectivity index (χ1v) is 8.29. The van der Waals surface area contributed by atoms with E-state index >= 15 is 0 Å². The summed E-state index contributed by atoms with van der Waals surface area (Å²) in [6.45, 7) is 2.01. The second-order valence-electron chi connectivity index (χ2n) is 6.18. The maximum absolute atomic E-state index is 13.8. The van der Waals surface area contributed by atoms with Crippen molar-refractivity contribution in [2.24, 2.45) is 0 Å². The van der Waals surface area contributed by atoms with Gasteiger partial charge in [0.1, 0.15) is 5.82 Å². The van der Waals surface area contributed by atoms with Crippen molar-refractivity contribution >= 4 is 5.97 Å². The Labute approximate surface area is 142 Å². The van der Waals surface area contributed by atoms with Crippen LogP contribution in [0.25, 0.3) is 0 Å². The normalized spacial score (nSPS) is 13.4. The molecule has 4 heteroatoms. The molecule has 0 aliphatic rings. The van der Waals surface area contributed by atoms with Crippen molar-refractivity contribution in [3.8, 4) is 0 Å². The fraction of sp³-hybridized carbons (Fsp3) is 0.350. The number of halogens is 1. The van der Waals surface area contributed by atoms with Gasteiger partial charge in [-0.3, -0.25) is 4.79 Å². The Morgan fingerprint density at radius 3 is 2.42 bits per heavy atom. The number of hydrogen-bond acceptors (Lipinski definition) is 2. The first kappa shape index (κ1) is 18.1. The van der Waals surface area contributed by atoms with Gasteiger partial charge in [0.05, 0.1) is 0 Å². The topological polar surface area (TPSA) is 49.3 Å². The van der Waals surface area contributed by atoms with Crippen LogP contribution in [0.3, 0.4) is 0 Å². The second-order valence-corrected chi connectivity index (χ2v) is 6.18. The van der Waals surface area contributed by atoms with Gasteiger partial charge in [-0.15, -0.1) is 0 Å². The molecule has 2 atom stereocenters. The SMILES string of the molecule is CC(Cc1ccccc1F)NC(CCC(=O)O)Cc1ccccc1. The van der Waals surface area contributed by atoms with Gasteiger partial charge < -0.3 is 10.4 Å². The standard InChI is InChI=1S/C20H24FNO2/c1-15(13-17-9-5-6-10-19(17)21)22-18(11-12-20(23)24)14-16-7-3-2-4-8-16/h2-10,15,18,22H,11-14H2,1H3,(H,23,24). The van der Waals surface area contributed by atoms with E-state index in [-0.39, 0.29) is 24.3 Å². The fourth-order valence-corrected chi connectivity index (χ4v) is 2.90. The van der Waals surface area contributed by atoms with Crippen molar-refractivity contribution in [3.05, 3.63) is 71.5 Å². The summed E-state index contributed by atoms with van der Waals surface area (Å²) < 4.78 is 13.8. The van der Waals surface area contributed by atoms with Crippen molar-refractivity contribution in [1.29, 1.82) is 0 Å². The highest BCUT2D eigenvalue weighted by molar-refractivity contribution is 5.66. The number of carbonyl (C=O) groups is 1. The molecule has 0 spiro atoms. The third kappa shape index (κ3) is 6.13. The molecule has 0 saturated carbocycles. The molecular weight excluding hydrogens is 305 g/mol. The number of benzene rings is 2. The average Bonchev–Trinajstić information content (AvgIpc) is 2.56. The molecule has 2 N–H and O–H groups in total. The van der Waals surface area contributed by atoms with E-state index < -0.39 is 5.97 Å². The fourth-order valence-electron chi connectivity index (χ4n) is 2.90. The first-order chi connectivity index (χ1) is 11.5. The second kappa shape index (κ2) is 9.18. The van der Waals surface area contributed by atoms with Crippen molar-refractivity contribution in [2.75, 3.05) is 0 Å². The highest BCUT2D eigenvalue weighted by Gasteiger charge is 2.16. The first-order valence-electron chi connectivity index (χ1n) is 8.29. The van der Waals surface area contributed by atoms with Crippen LogP contribution in [0, 0.1) is 5.82 Å². The molecule has 2 aromatic carbocycles. The van der Waals surface area contributed by atoms with Crippen LogP contribution in [-0.2, 0) is 17.6 Å². The van der Waals surface area contributed by atoms with Crippen molar-refractivity contribution < 1.29 is 14.3 Å². The summed E-state index contributed by atoms with van der Waals surface area (Å²) in [4.78, 5) is 10.9. The molecule has 2 aromatic rings. The molecule has 128 valence electrons. The van der Waals surface area contributed by atoms with E-state index in [0.29, 0.717) is 18.4 Å². The predicted octanol–water partition coefficient (Wildman–Crippen LogP) is 3.82. The smallest absolute Gasteiger partial charge is 0.303 e. The van der Waals surface area contributed by atoms with Gasteiger partial charge in [-0.2, -0.15) is 0 Å². The van der Waals surface area contributed by atoms with E-state index in [2.05, 4.69) is 5.32 Å². The Hall–Kier alpha value is -2.20. The van der Waals surface area contributed by atoms with Gasteiger partial charge in [0.25, 0.3) is 0 Å². The molecule has 2 unspecified atom stereocenters. The monoisotopic (exact) mass is 329 g/mol. The number of rotatable bonds is 9. The Bertz CT molecular complexity index is 645. The van der Waals surface area contributed by atoms with Gasteiger partial charge in [-0.05, 0) is 43.4 Å². The van der Waals surface area contributed by atoms with E-state index in [4.69, 9.17) is 5.11 Å². The molecule has 0 aromatic heterocycles. The minimum Gasteiger partial charge on any atom is -0.481 e. The maximum Gasteiger partial charge on any atom is 0.303 e. The highest BCUT2D eigenvalue weighted by Crippen LogP contribution is 2.12. The lowest BCUT2D eigenvalue weighted by molar-refractivity contribution is -0.137. The zero-order chi connectivity index (χ0) is 17.4. The Morgan fingerprint density at radius 2 is 1.75 bits per heavy atom.